The molecule has 7 heteroatoms. The summed E-state index contributed by atoms with van der Waals surface area (Å²) in [6.07, 6.45) is 2.00. The molecule has 1 aliphatic rings. The Labute approximate surface area is 121 Å². The number of carboxylic acids is 1. The SMILES string of the molecule is Cc1cc(C)n2ncc(C(=O)N3CCC(C(=O)O)C3)c2n1. The maximum Gasteiger partial charge on any atom is 0.308 e. The molecular formula is C14H16N4O3. The number of carbonyl (C=O) groups excluding carboxylic acids is 1. The number of aromatic nitrogens is 3. The number of rotatable bonds is 2. The topological polar surface area (TPSA) is 87.8 Å². The van der Waals surface area contributed by atoms with Crippen LogP contribution in [0.1, 0.15) is 28.2 Å². The summed E-state index contributed by atoms with van der Waals surface area (Å²) in [6.45, 7) is 4.47. The number of nitrogens with zero attached hydrogens (tertiary/aromatic N) is 4. The van der Waals surface area contributed by atoms with Gasteiger partial charge in [0.1, 0.15) is 5.56 Å². The second-order valence-electron chi connectivity index (χ2n) is 5.41. The zero-order valence-electron chi connectivity index (χ0n) is 11.9. The van der Waals surface area contributed by atoms with Crippen molar-refractivity contribution in [2.45, 2.75) is 20.3 Å². The van der Waals surface area contributed by atoms with Crippen LogP contribution in [-0.4, -0.2) is 49.6 Å². The number of aryl methyl sites for hydroxylation is 2. The molecule has 1 atom stereocenters. The van der Waals surface area contributed by atoms with Crippen LogP contribution in [0.15, 0.2) is 12.3 Å². The molecule has 0 aliphatic carbocycles. The number of carboxylic acid groups (broad SMARTS) is 1. The zero-order chi connectivity index (χ0) is 15.1. The van der Waals surface area contributed by atoms with Crippen LogP contribution in [0, 0.1) is 19.8 Å². The number of carbonyl (C=O) groups is 2. The van der Waals surface area contributed by atoms with Crippen LogP contribution in [-0.2, 0) is 4.79 Å². The summed E-state index contributed by atoms with van der Waals surface area (Å²) in [4.78, 5) is 29.5. The first-order valence-corrected chi connectivity index (χ1v) is 6.81. The highest BCUT2D eigenvalue weighted by molar-refractivity contribution is 6.00. The average Bonchev–Trinajstić information content (AvgIpc) is 3.04. The first-order valence-electron chi connectivity index (χ1n) is 6.81. The van der Waals surface area contributed by atoms with Gasteiger partial charge in [-0.1, -0.05) is 0 Å². The quantitative estimate of drug-likeness (QED) is 0.886. The Hall–Kier alpha value is -2.44. The van der Waals surface area contributed by atoms with Crippen molar-refractivity contribution in [2.24, 2.45) is 5.92 Å². The number of fused-ring (bicyclic) bond motifs is 1. The van der Waals surface area contributed by atoms with Crippen molar-refractivity contribution in [3.05, 3.63) is 29.2 Å². The highest BCUT2D eigenvalue weighted by Gasteiger charge is 2.32. The average molecular weight is 288 g/mol. The Bertz CT molecular complexity index is 737. The molecule has 1 unspecified atom stereocenters. The molecule has 0 spiro atoms. The van der Waals surface area contributed by atoms with Crippen molar-refractivity contribution >= 4 is 17.5 Å². The molecule has 0 bridgehead atoms. The Morgan fingerprint density at radius 2 is 2.14 bits per heavy atom. The monoisotopic (exact) mass is 288 g/mol. The molecule has 7 nitrogen and oxygen atoms in total. The van der Waals surface area contributed by atoms with Gasteiger partial charge in [-0.2, -0.15) is 5.10 Å². The molecule has 1 N–H and O–H groups in total. The van der Waals surface area contributed by atoms with Gasteiger partial charge in [-0.15, -0.1) is 0 Å². The lowest BCUT2D eigenvalue weighted by atomic mass is 10.1. The third-order valence-corrected chi connectivity index (χ3v) is 3.83. The molecule has 1 aliphatic heterocycles. The Morgan fingerprint density at radius 3 is 2.81 bits per heavy atom. The summed E-state index contributed by atoms with van der Waals surface area (Å²) >= 11 is 0. The van der Waals surface area contributed by atoms with E-state index in [0.717, 1.165) is 11.4 Å². The molecule has 0 aromatic carbocycles. The minimum Gasteiger partial charge on any atom is -0.481 e. The van der Waals surface area contributed by atoms with Crippen LogP contribution in [0.3, 0.4) is 0 Å². The van der Waals surface area contributed by atoms with Crippen LogP contribution in [0.2, 0.25) is 0 Å². The summed E-state index contributed by atoms with van der Waals surface area (Å²) in [5.41, 5.74) is 2.67. The molecule has 0 saturated carbocycles. The van der Waals surface area contributed by atoms with Gasteiger partial charge in [0.25, 0.3) is 5.91 Å². The van der Waals surface area contributed by atoms with Crippen molar-refractivity contribution in [1.29, 1.82) is 0 Å². The number of aliphatic carboxylic acids is 1. The first-order chi connectivity index (χ1) is 9.97. The standard InChI is InChI=1S/C14H16N4O3/c1-8-5-9(2)18-12(16-8)11(6-15-18)13(19)17-4-3-10(7-17)14(20)21/h5-6,10H,3-4,7H2,1-2H3,(H,20,21). The van der Waals surface area contributed by atoms with Crippen molar-refractivity contribution in [3.8, 4) is 0 Å². The molecule has 2 aromatic rings. The van der Waals surface area contributed by atoms with Crippen LogP contribution < -0.4 is 0 Å². The summed E-state index contributed by atoms with van der Waals surface area (Å²) in [5, 5.41) is 13.2. The minimum atomic E-state index is -0.852. The van der Waals surface area contributed by atoms with Crippen LogP contribution in [0.25, 0.3) is 5.65 Å². The Balaban J connectivity index is 1.94. The predicted octanol–water partition coefficient (Wildman–Crippen LogP) is 0.893. The van der Waals surface area contributed by atoms with E-state index in [0.29, 0.717) is 24.2 Å². The molecular weight excluding hydrogens is 272 g/mol. The highest BCUT2D eigenvalue weighted by atomic mass is 16.4. The van der Waals surface area contributed by atoms with E-state index < -0.39 is 11.9 Å². The summed E-state index contributed by atoms with van der Waals surface area (Å²) in [6, 6.07) is 1.89. The predicted molar refractivity (Wildman–Crippen MR) is 74.1 cm³/mol. The fourth-order valence-electron chi connectivity index (χ4n) is 2.74. The Morgan fingerprint density at radius 1 is 1.38 bits per heavy atom. The molecule has 1 saturated heterocycles. The van der Waals surface area contributed by atoms with Crippen molar-refractivity contribution in [1.82, 2.24) is 19.5 Å². The van der Waals surface area contributed by atoms with Gasteiger partial charge in [0.15, 0.2) is 5.65 Å². The van der Waals surface area contributed by atoms with E-state index in [1.165, 1.54) is 6.20 Å². The van der Waals surface area contributed by atoms with Gasteiger partial charge in [0.05, 0.1) is 12.1 Å². The van der Waals surface area contributed by atoms with Crippen molar-refractivity contribution in [3.63, 3.8) is 0 Å². The second kappa shape index (κ2) is 4.83. The van der Waals surface area contributed by atoms with Crippen molar-refractivity contribution < 1.29 is 14.7 Å². The Kier molecular flexibility index (Phi) is 3.12. The fourth-order valence-corrected chi connectivity index (χ4v) is 2.74. The molecule has 2 aromatic heterocycles. The van der Waals surface area contributed by atoms with E-state index in [2.05, 4.69) is 10.1 Å². The molecule has 21 heavy (non-hydrogen) atoms. The van der Waals surface area contributed by atoms with Crippen LogP contribution >= 0.6 is 0 Å². The maximum atomic E-state index is 12.6. The third kappa shape index (κ3) is 2.24. The smallest absolute Gasteiger partial charge is 0.308 e. The first kappa shape index (κ1) is 13.5. The summed E-state index contributed by atoms with van der Waals surface area (Å²) in [7, 11) is 0. The lowest BCUT2D eigenvalue weighted by molar-refractivity contribution is -0.141. The van der Waals surface area contributed by atoms with Gasteiger partial charge in [0, 0.05) is 24.5 Å². The van der Waals surface area contributed by atoms with Gasteiger partial charge in [-0.25, -0.2) is 9.50 Å². The maximum absolute atomic E-state index is 12.6. The van der Waals surface area contributed by atoms with Gasteiger partial charge < -0.3 is 10.0 Å². The fraction of sp³-hybridized carbons (Fsp3) is 0.429. The largest absolute Gasteiger partial charge is 0.481 e. The van der Waals surface area contributed by atoms with Crippen LogP contribution in [0.5, 0.6) is 0 Å². The van der Waals surface area contributed by atoms with E-state index in [4.69, 9.17) is 5.11 Å². The van der Waals surface area contributed by atoms with Gasteiger partial charge in [-0.05, 0) is 26.3 Å². The number of amides is 1. The van der Waals surface area contributed by atoms with Crippen molar-refractivity contribution in [2.75, 3.05) is 13.1 Å². The summed E-state index contributed by atoms with van der Waals surface area (Å²) in [5.74, 6) is -1.53. The number of hydrogen-bond donors (Lipinski definition) is 1. The molecule has 0 radical (unpaired) electrons. The second-order valence-corrected chi connectivity index (χ2v) is 5.41. The number of likely N-dealkylation sites (tertiary alicyclic amines) is 1. The van der Waals surface area contributed by atoms with E-state index in [-0.39, 0.29) is 12.5 Å². The lowest BCUT2D eigenvalue weighted by Gasteiger charge is -2.14. The van der Waals surface area contributed by atoms with Crippen LogP contribution in [0.4, 0.5) is 0 Å². The molecule has 1 fully saturated rings. The third-order valence-electron chi connectivity index (χ3n) is 3.83. The highest BCUT2D eigenvalue weighted by Crippen LogP contribution is 2.21. The summed E-state index contributed by atoms with van der Waals surface area (Å²) < 4.78 is 1.63. The van der Waals surface area contributed by atoms with E-state index >= 15 is 0 Å². The van der Waals surface area contributed by atoms with E-state index in [9.17, 15) is 9.59 Å². The van der Waals surface area contributed by atoms with E-state index in [1.54, 1.807) is 9.42 Å². The number of hydrogen-bond acceptors (Lipinski definition) is 4. The zero-order valence-corrected chi connectivity index (χ0v) is 11.9. The normalized spacial score (nSPS) is 18.4. The molecule has 3 rings (SSSR count). The molecule has 110 valence electrons. The van der Waals surface area contributed by atoms with Gasteiger partial charge in [-0.3, -0.25) is 9.59 Å². The van der Waals surface area contributed by atoms with E-state index in [1.807, 2.05) is 19.9 Å². The molecule has 3 heterocycles. The minimum absolute atomic E-state index is 0.203. The van der Waals surface area contributed by atoms with Gasteiger partial charge >= 0.3 is 5.97 Å². The molecule has 1 amide bonds. The lowest BCUT2D eigenvalue weighted by Crippen LogP contribution is -2.30. The van der Waals surface area contributed by atoms with Gasteiger partial charge in [0.2, 0.25) is 0 Å².